The lowest BCUT2D eigenvalue weighted by atomic mass is 10.0. The molecule has 0 spiro atoms. The summed E-state index contributed by atoms with van der Waals surface area (Å²) in [4.78, 5) is 25.0. The van der Waals surface area contributed by atoms with Crippen molar-refractivity contribution in [3.63, 3.8) is 0 Å². The van der Waals surface area contributed by atoms with Crippen molar-refractivity contribution >= 4 is 43.2 Å². The number of hydrogen-bond acceptors (Lipinski definition) is 6. The van der Waals surface area contributed by atoms with Crippen LogP contribution in [0.5, 0.6) is 0 Å². The van der Waals surface area contributed by atoms with Gasteiger partial charge in [0.15, 0.2) is 0 Å². The van der Waals surface area contributed by atoms with Crippen LogP contribution >= 0.6 is 11.3 Å². The summed E-state index contributed by atoms with van der Waals surface area (Å²) in [7, 11) is -4.30. The summed E-state index contributed by atoms with van der Waals surface area (Å²) in [6.45, 7) is 9.08. The molecule has 4 rings (SSSR count). The van der Waals surface area contributed by atoms with Crippen LogP contribution in [0.3, 0.4) is 0 Å². The van der Waals surface area contributed by atoms with E-state index in [0.717, 1.165) is 32.3 Å². The van der Waals surface area contributed by atoms with Gasteiger partial charge in [0.1, 0.15) is 5.58 Å². The first kappa shape index (κ1) is 22.9. The van der Waals surface area contributed by atoms with E-state index in [1.165, 1.54) is 18.2 Å². The van der Waals surface area contributed by atoms with Crippen molar-refractivity contribution in [1.82, 2.24) is 0 Å². The van der Waals surface area contributed by atoms with E-state index >= 15 is 0 Å². The third kappa shape index (κ3) is 4.00. The van der Waals surface area contributed by atoms with E-state index in [4.69, 9.17) is 4.42 Å². The number of benzene rings is 3. The zero-order chi connectivity index (χ0) is 24.1. The van der Waals surface area contributed by atoms with Gasteiger partial charge in [0.05, 0.1) is 15.3 Å². The van der Waals surface area contributed by atoms with Crippen LogP contribution in [0.4, 0.5) is 5.69 Å². The maximum Gasteiger partial charge on any atom is 0.396 e. The number of sulfonamides is 1. The molecule has 0 saturated heterocycles. The van der Waals surface area contributed by atoms with Crippen LogP contribution in [0, 0.1) is 34.6 Å². The first-order valence-corrected chi connectivity index (χ1v) is 12.5. The molecule has 0 saturated carbocycles. The Bertz CT molecular complexity index is 1530. The molecule has 6 nitrogen and oxygen atoms in total. The molecule has 33 heavy (non-hydrogen) atoms. The second kappa shape index (κ2) is 8.28. The fraction of sp³-hybridized carbons (Fsp3) is 0.200. The minimum absolute atomic E-state index is 0.112. The molecule has 0 unspecified atom stereocenters. The van der Waals surface area contributed by atoms with Gasteiger partial charge in [-0.3, -0.25) is 4.79 Å². The molecular weight excluding hydrogens is 458 g/mol. The van der Waals surface area contributed by atoms with Crippen molar-refractivity contribution in [1.29, 1.82) is 0 Å². The Morgan fingerprint density at radius 1 is 0.879 bits per heavy atom. The molecule has 0 radical (unpaired) electrons. The van der Waals surface area contributed by atoms with Gasteiger partial charge in [-0.15, -0.1) is 0 Å². The molecule has 3 aromatic carbocycles. The standard InChI is InChI=1S/C25H23NO5S2/c1-14-6-8-19(9-7-14)24(27)26(20-10-11-21-22(13-20)32-25(28)31-21)33(29,30)23-17(4)15(2)12-16(3)18(23)5/h6-13H,1-5H3. The van der Waals surface area contributed by atoms with Crippen molar-refractivity contribution in [2.75, 3.05) is 4.31 Å². The molecule has 0 N–H and O–H groups in total. The Hall–Kier alpha value is -3.23. The topological polar surface area (TPSA) is 84.7 Å². The van der Waals surface area contributed by atoms with Crippen LogP contribution in [0.1, 0.15) is 38.2 Å². The van der Waals surface area contributed by atoms with E-state index in [2.05, 4.69) is 0 Å². The quantitative estimate of drug-likeness (QED) is 0.388. The molecule has 1 aromatic heterocycles. The number of nitrogens with zero attached hydrogens (tertiary/aromatic N) is 1. The number of hydrogen-bond donors (Lipinski definition) is 0. The van der Waals surface area contributed by atoms with Crippen LogP contribution < -0.4 is 9.24 Å². The third-order valence-electron chi connectivity index (χ3n) is 5.83. The SMILES string of the molecule is Cc1ccc(C(=O)N(c2ccc3oc(=O)sc3c2)S(=O)(=O)c2c(C)c(C)cc(C)c2C)cc1. The van der Waals surface area contributed by atoms with E-state index < -0.39 is 20.9 Å². The number of carbonyl (C=O) groups excluding carboxylic acids is 1. The van der Waals surface area contributed by atoms with Gasteiger partial charge in [-0.2, -0.15) is 4.31 Å². The number of carbonyl (C=O) groups is 1. The molecule has 1 amide bonds. The number of anilines is 1. The van der Waals surface area contributed by atoms with Gasteiger partial charge in [0.25, 0.3) is 15.9 Å². The van der Waals surface area contributed by atoms with Crippen LogP contribution in [0.2, 0.25) is 0 Å². The van der Waals surface area contributed by atoms with E-state index in [1.54, 1.807) is 38.1 Å². The minimum atomic E-state index is -4.30. The van der Waals surface area contributed by atoms with Crippen molar-refractivity contribution in [3.8, 4) is 0 Å². The fourth-order valence-electron chi connectivity index (χ4n) is 3.83. The maximum absolute atomic E-state index is 14.1. The monoisotopic (exact) mass is 481 g/mol. The molecule has 8 heteroatoms. The Balaban J connectivity index is 2.00. The van der Waals surface area contributed by atoms with Gasteiger partial charge in [-0.25, -0.2) is 13.2 Å². The van der Waals surface area contributed by atoms with Gasteiger partial charge < -0.3 is 4.42 Å². The summed E-state index contributed by atoms with van der Waals surface area (Å²) < 4.78 is 34.7. The molecule has 170 valence electrons. The Morgan fingerprint density at radius 2 is 1.48 bits per heavy atom. The van der Waals surface area contributed by atoms with Crippen LogP contribution in [0.25, 0.3) is 10.3 Å². The Morgan fingerprint density at radius 3 is 2.09 bits per heavy atom. The summed E-state index contributed by atoms with van der Waals surface area (Å²) >= 11 is 0.856. The smallest absolute Gasteiger partial charge is 0.396 e. The first-order valence-electron chi connectivity index (χ1n) is 10.3. The molecule has 4 aromatic rings. The van der Waals surface area contributed by atoms with E-state index in [1.807, 2.05) is 26.8 Å². The highest BCUT2D eigenvalue weighted by Crippen LogP contribution is 2.34. The number of aryl methyl sites for hydroxylation is 3. The zero-order valence-electron chi connectivity index (χ0n) is 18.9. The van der Waals surface area contributed by atoms with Gasteiger partial charge in [0, 0.05) is 5.56 Å². The van der Waals surface area contributed by atoms with E-state index in [-0.39, 0.29) is 16.1 Å². The highest BCUT2D eigenvalue weighted by molar-refractivity contribution is 7.93. The minimum Gasteiger partial charge on any atom is -0.414 e. The number of fused-ring (bicyclic) bond motifs is 1. The fourth-order valence-corrected chi connectivity index (χ4v) is 6.52. The molecule has 1 heterocycles. The lowest BCUT2D eigenvalue weighted by Crippen LogP contribution is -2.38. The highest BCUT2D eigenvalue weighted by atomic mass is 32.2. The van der Waals surface area contributed by atoms with Crippen molar-refractivity contribution in [2.45, 2.75) is 39.5 Å². The molecule has 0 fully saturated rings. The van der Waals surface area contributed by atoms with Crippen molar-refractivity contribution in [2.24, 2.45) is 0 Å². The van der Waals surface area contributed by atoms with Crippen molar-refractivity contribution < 1.29 is 17.6 Å². The Labute approximate surface area is 196 Å². The Kier molecular flexibility index (Phi) is 5.76. The predicted molar refractivity (Wildman–Crippen MR) is 131 cm³/mol. The maximum atomic E-state index is 14.1. The van der Waals surface area contributed by atoms with Crippen LogP contribution in [-0.4, -0.2) is 14.3 Å². The average Bonchev–Trinajstić information content (AvgIpc) is 3.12. The normalized spacial score (nSPS) is 11.7. The van der Waals surface area contributed by atoms with Crippen molar-refractivity contribution in [3.05, 3.63) is 91.6 Å². The van der Waals surface area contributed by atoms with Gasteiger partial charge in [-0.05, 0) is 87.2 Å². The third-order valence-corrected chi connectivity index (χ3v) is 8.60. The van der Waals surface area contributed by atoms with Gasteiger partial charge in [0.2, 0.25) is 0 Å². The summed E-state index contributed by atoms with van der Waals surface area (Å²) in [5.41, 5.74) is 4.50. The summed E-state index contributed by atoms with van der Waals surface area (Å²) in [6.07, 6.45) is 0. The molecule has 0 aliphatic carbocycles. The number of rotatable bonds is 4. The largest absolute Gasteiger partial charge is 0.414 e. The average molecular weight is 482 g/mol. The van der Waals surface area contributed by atoms with Gasteiger partial charge >= 0.3 is 4.94 Å². The first-order chi connectivity index (χ1) is 15.5. The molecule has 0 aliphatic heterocycles. The van der Waals surface area contributed by atoms with Crippen LogP contribution in [0.15, 0.2) is 62.6 Å². The molecule has 0 atom stereocenters. The number of amides is 1. The second-order valence-electron chi connectivity index (χ2n) is 8.12. The lowest BCUT2D eigenvalue weighted by molar-refractivity contribution is 0.101. The molecule has 0 bridgehead atoms. The highest BCUT2D eigenvalue weighted by Gasteiger charge is 2.35. The van der Waals surface area contributed by atoms with Crippen LogP contribution in [-0.2, 0) is 10.0 Å². The summed E-state index contributed by atoms with van der Waals surface area (Å²) in [5, 5.41) is 0. The molecular formula is C25H23NO5S2. The van der Waals surface area contributed by atoms with E-state index in [0.29, 0.717) is 21.4 Å². The summed E-state index contributed by atoms with van der Waals surface area (Å²) in [5.74, 6) is -0.678. The molecule has 0 aliphatic rings. The lowest BCUT2D eigenvalue weighted by Gasteiger charge is -2.26. The predicted octanol–water partition coefficient (Wildman–Crippen LogP) is 5.43. The van der Waals surface area contributed by atoms with Gasteiger partial charge in [-0.1, -0.05) is 35.1 Å². The zero-order valence-corrected chi connectivity index (χ0v) is 20.6. The summed E-state index contributed by atoms with van der Waals surface area (Å²) in [6, 6.07) is 13.2. The van der Waals surface area contributed by atoms with E-state index in [9.17, 15) is 18.0 Å². The second-order valence-corrected chi connectivity index (χ2v) is 10.8.